The van der Waals surface area contributed by atoms with Crippen molar-refractivity contribution in [2.24, 2.45) is 27.7 Å². The highest BCUT2D eigenvalue weighted by molar-refractivity contribution is 6.01. The number of hydrogen-bond donors (Lipinski definition) is 0. The van der Waals surface area contributed by atoms with E-state index in [9.17, 15) is 4.79 Å². The smallest absolute Gasteiger partial charge is 0.168 e. The standard InChI is InChI=1S/C20H24N2O/c1-4-8-20-18(5-2)16(13-17(14-23)22-20)9-7-10-19(21-6-3)15-11-12-15/h4-8,10,13-16,18H,2-3,9,11-12H2,1H3/b8-4-,10-7-,21-19?. The van der Waals surface area contributed by atoms with E-state index in [0.717, 1.165) is 24.1 Å². The largest absolute Gasteiger partial charge is 0.296 e. The molecule has 2 rings (SSSR count). The van der Waals surface area contributed by atoms with E-state index in [2.05, 4.69) is 35.3 Å². The molecule has 1 fully saturated rings. The predicted octanol–water partition coefficient (Wildman–Crippen LogP) is 4.46. The van der Waals surface area contributed by atoms with E-state index in [4.69, 9.17) is 0 Å². The highest BCUT2D eigenvalue weighted by Gasteiger charge is 2.26. The van der Waals surface area contributed by atoms with Gasteiger partial charge in [-0.15, -0.1) is 6.58 Å². The van der Waals surface area contributed by atoms with Crippen LogP contribution in [0.2, 0.25) is 0 Å². The van der Waals surface area contributed by atoms with Gasteiger partial charge >= 0.3 is 0 Å². The Kier molecular flexibility index (Phi) is 6.21. The maximum Gasteiger partial charge on any atom is 0.168 e. The van der Waals surface area contributed by atoms with Crippen LogP contribution in [-0.4, -0.2) is 17.7 Å². The lowest BCUT2D eigenvalue weighted by molar-refractivity contribution is -0.105. The average molecular weight is 308 g/mol. The van der Waals surface area contributed by atoms with Gasteiger partial charge < -0.3 is 0 Å². The molecule has 0 radical (unpaired) electrons. The van der Waals surface area contributed by atoms with Crippen LogP contribution in [0, 0.1) is 17.8 Å². The van der Waals surface area contributed by atoms with Gasteiger partial charge in [0.15, 0.2) is 6.29 Å². The third kappa shape index (κ3) is 4.59. The zero-order valence-corrected chi connectivity index (χ0v) is 13.7. The first-order valence-corrected chi connectivity index (χ1v) is 8.09. The molecule has 1 heterocycles. The molecule has 0 N–H and O–H groups in total. The number of hydrogen-bond acceptors (Lipinski definition) is 3. The van der Waals surface area contributed by atoms with Crippen molar-refractivity contribution < 1.29 is 4.79 Å². The summed E-state index contributed by atoms with van der Waals surface area (Å²) >= 11 is 0. The molecule has 2 unspecified atom stereocenters. The maximum atomic E-state index is 11.1. The first-order chi connectivity index (χ1) is 11.2. The van der Waals surface area contributed by atoms with Crippen molar-refractivity contribution in [1.29, 1.82) is 0 Å². The molecule has 0 bridgehead atoms. The summed E-state index contributed by atoms with van der Waals surface area (Å²) in [5.74, 6) is 0.907. The maximum absolute atomic E-state index is 11.1. The molecular formula is C20H24N2O. The van der Waals surface area contributed by atoms with E-state index >= 15 is 0 Å². The third-order valence-corrected chi connectivity index (χ3v) is 4.09. The van der Waals surface area contributed by atoms with E-state index in [0.29, 0.717) is 11.6 Å². The topological polar surface area (TPSA) is 41.8 Å². The van der Waals surface area contributed by atoms with Crippen LogP contribution in [0.25, 0.3) is 0 Å². The molecule has 3 nitrogen and oxygen atoms in total. The number of aliphatic imine (C=N–C) groups is 2. The Balaban J connectivity index is 2.13. The molecule has 0 aromatic heterocycles. The molecule has 1 saturated carbocycles. The van der Waals surface area contributed by atoms with Gasteiger partial charge in [-0.3, -0.25) is 9.79 Å². The van der Waals surface area contributed by atoms with Gasteiger partial charge in [-0.05, 0) is 44.3 Å². The Morgan fingerprint density at radius 2 is 2.22 bits per heavy atom. The highest BCUT2D eigenvalue weighted by Crippen LogP contribution is 2.32. The van der Waals surface area contributed by atoms with Crippen LogP contribution in [0.4, 0.5) is 0 Å². The summed E-state index contributed by atoms with van der Waals surface area (Å²) in [7, 11) is 0. The first-order valence-electron chi connectivity index (χ1n) is 8.09. The van der Waals surface area contributed by atoms with Gasteiger partial charge in [0, 0.05) is 29.5 Å². The molecule has 0 saturated heterocycles. The zero-order chi connectivity index (χ0) is 16.7. The quantitative estimate of drug-likeness (QED) is 0.371. The predicted molar refractivity (Wildman–Crippen MR) is 97.7 cm³/mol. The number of carbonyl (C=O) groups is 1. The molecule has 1 aliphatic heterocycles. The van der Waals surface area contributed by atoms with Crippen LogP contribution in [0.1, 0.15) is 26.2 Å². The Morgan fingerprint density at radius 1 is 1.43 bits per heavy atom. The zero-order valence-electron chi connectivity index (χ0n) is 13.7. The second kappa shape index (κ2) is 8.37. The van der Waals surface area contributed by atoms with Crippen LogP contribution in [0.3, 0.4) is 0 Å². The lowest BCUT2D eigenvalue weighted by Crippen LogP contribution is -2.23. The molecule has 1 aliphatic carbocycles. The molecule has 2 atom stereocenters. The van der Waals surface area contributed by atoms with E-state index in [1.54, 1.807) is 6.20 Å². The van der Waals surface area contributed by atoms with Crippen molar-refractivity contribution in [2.45, 2.75) is 26.2 Å². The minimum Gasteiger partial charge on any atom is -0.296 e. The fourth-order valence-corrected chi connectivity index (χ4v) is 2.81. The molecule has 0 aromatic carbocycles. The lowest BCUT2D eigenvalue weighted by Gasteiger charge is -2.25. The number of nitrogens with zero attached hydrogens (tertiary/aromatic N) is 2. The highest BCUT2D eigenvalue weighted by atomic mass is 16.1. The molecule has 23 heavy (non-hydrogen) atoms. The van der Waals surface area contributed by atoms with Crippen LogP contribution < -0.4 is 0 Å². The summed E-state index contributed by atoms with van der Waals surface area (Å²) in [6, 6.07) is 0. The van der Waals surface area contributed by atoms with Crippen molar-refractivity contribution in [2.75, 3.05) is 0 Å². The summed E-state index contributed by atoms with van der Waals surface area (Å²) in [5, 5.41) is 0. The molecular weight excluding hydrogens is 284 g/mol. The Bertz CT molecular complexity index is 616. The van der Waals surface area contributed by atoms with Gasteiger partial charge in [0.25, 0.3) is 0 Å². The van der Waals surface area contributed by atoms with Gasteiger partial charge in [0.2, 0.25) is 0 Å². The van der Waals surface area contributed by atoms with Crippen molar-refractivity contribution in [3.63, 3.8) is 0 Å². The lowest BCUT2D eigenvalue weighted by atomic mass is 9.82. The Labute approximate surface area is 138 Å². The van der Waals surface area contributed by atoms with E-state index in [1.165, 1.54) is 12.8 Å². The second-order valence-corrected chi connectivity index (χ2v) is 5.82. The monoisotopic (exact) mass is 308 g/mol. The van der Waals surface area contributed by atoms with Gasteiger partial charge in [0.1, 0.15) is 0 Å². The molecule has 0 amide bonds. The summed E-state index contributed by atoms with van der Waals surface area (Å²) < 4.78 is 0. The van der Waals surface area contributed by atoms with Crippen LogP contribution in [0.15, 0.2) is 71.5 Å². The minimum atomic E-state index is 0.125. The van der Waals surface area contributed by atoms with Crippen molar-refractivity contribution >= 4 is 17.7 Å². The third-order valence-electron chi connectivity index (χ3n) is 4.09. The second-order valence-electron chi connectivity index (χ2n) is 5.82. The van der Waals surface area contributed by atoms with Crippen molar-refractivity contribution in [3.8, 4) is 0 Å². The summed E-state index contributed by atoms with van der Waals surface area (Å²) in [6.45, 7) is 9.56. The van der Waals surface area contributed by atoms with Gasteiger partial charge in [0.05, 0.1) is 5.70 Å². The average Bonchev–Trinajstić information content (AvgIpc) is 3.39. The Morgan fingerprint density at radius 3 is 2.78 bits per heavy atom. The summed E-state index contributed by atoms with van der Waals surface area (Å²) in [6.07, 6.45) is 17.6. The fourth-order valence-electron chi connectivity index (χ4n) is 2.81. The van der Waals surface area contributed by atoms with Crippen LogP contribution >= 0.6 is 0 Å². The SMILES string of the molecule is C=CN=C(/C=C\CC1C=C(C=O)N=C(/C=C\C)C1C=C)C1CC1. The van der Waals surface area contributed by atoms with E-state index in [1.807, 2.05) is 31.2 Å². The molecule has 0 spiro atoms. The van der Waals surface area contributed by atoms with Gasteiger partial charge in [-0.25, -0.2) is 4.99 Å². The number of aldehydes is 1. The molecule has 3 heteroatoms. The van der Waals surface area contributed by atoms with Crippen molar-refractivity contribution in [1.82, 2.24) is 0 Å². The number of carbonyl (C=O) groups excluding carboxylic acids is 1. The fraction of sp³-hybridized carbons (Fsp3) is 0.350. The van der Waals surface area contributed by atoms with Crippen molar-refractivity contribution in [3.05, 3.63) is 61.5 Å². The molecule has 0 aromatic rings. The number of rotatable bonds is 8. The molecule has 2 aliphatic rings. The van der Waals surface area contributed by atoms with Gasteiger partial charge in [-0.1, -0.05) is 30.9 Å². The van der Waals surface area contributed by atoms with E-state index < -0.39 is 0 Å². The Hall–Kier alpha value is -2.29. The summed E-state index contributed by atoms with van der Waals surface area (Å²) in [4.78, 5) is 19.9. The first kappa shape index (κ1) is 17.1. The molecule has 120 valence electrons. The van der Waals surface area contributed by atoms with Crippen LogP contribution in [-0.2, 0) is 4.79 Å². The summed E-state index contributed by atoms with van der Waals surface area (Å²) in [5.41, 5.74) is 2.50. The number of allylic oxidation sites excluding steroid dienone is 7. The minimum absolute atomic E-state index is 0.125. The normalized spacial score (nSPS) is 25.3. The van der Waals surface area contributed by atoms with Crippen LogP contribution in [0.5, 0.6) is 0 Å². The van der Waals surface area contributed by atoms with E-state index in [-0.39, 0.29) is 11.8 Å². The van der Waals surface area contributed by atoms with Gasteiger partial charge in [-0.2, -0.15) is 0 Å².